The largest absolute Gasteiger partial charge is 0.315 e. The summed E-state index contributed by atoms with van der Waals surface area (Å²) in [5, 5.41) is 6.92. The first-order valence-electron chi connectivity index (χ1n) is 5.06. The molecule has 1 fully saturated rings. The van der Waals surface area contributed by atoms with Gasteiger partial charge in [0.15, 0.2) is 0 Å². The molecule has 1 heterocycles. The van der Waals surface area contributed by atoms with E-state index in [0.29, 0.717) is 0 Å². The first kappa shape index (κ1) is 10.0. The Kier molecular flexibility index (Phi) is 3.53. The Labute approximate surface area is 76.1 Å². The molecule has 1 saturated heterocycles. The average Bonchev–Trinajstić information content (AvgIpc) is 2.06. The van der Waals surface area contributed by atoms with Crippen LogP contribution < -0.4 is 10.6 Å². The first-order valence-corrected chi connectivity index (χ1v) is 5.06. The van der Waals surface area contributed by atoms with E-state index >= 15 is 0 Å². The second kappa shape index (κ2) is 4.24. The minimum Gasteiger partial charge on any atom is -0.315 e. The van der Waals surface area contributed by atoms with Crippen LogP contribution in [-0.2, 0) is 0 Å². The predicted molar refractivity (Wildman–Crippen MR) is 53.4 cm³/mol. The van der Waals surface area contributed by atoms with Gasteiger partial charge in [-0.25, -0.2) is 0 Å². The highest BCUT2D eigenvalue weighted by molar-refractivity contribution is 4.84. The van der Waals surface area contributed by atoms with Gasteiger partial charge in [0.2, 0.25) is 0 Å². The summed E-state index contributed by atoms with van der Waals surface area (Å²) in [6.45, 7) is 5.75. The molecule has 12 heavy (non-hydrogen) atoms. The molecule has 72 valence electrons. The second-order valence-electron chi connectivity index (χ2n) is 4.48. The lowest BCUT2D eigenvalue weighted by Gasteiger charge is -2.32. The van der Waals surface area contributed by atoms with Gasteiger partial charge in [-0.15, -0.1) is 0 Å². The molecule has 0 saturated carbocycles. The Balaban J connectivity index is 2.28. The molecule has 2 nitrogen and oxygen atoms in total. The summed E-state index contributed by atoms with van der Waals surface area (Å²) < 4.78 is 0. The highest BCUT2D eigenvalue weighted by Gasteiger charge is 2.22. The fourth-order valence-electron chi connectivity index (χ4n) is 1.82. The zero-order chi connectivity index (χ0) is 9.03. The van der Waals surface area contributed by atoms with E-state index in [1.807, 2.05) is 7.05 Å². The van der Waals surface area contributed by atoms with Gasteiger partial charge >= 0.3 is 0 Å². The maximum absolute atomic E-state index is 3.57. The fourth-order valence-corrected chi connectivity index (χ4v) is 1.82. The minimum absolute atomic E-state index is 0.287. The average molecular weight is 170 g/mol. The zero-order valence-corrected chi connectivity index (χ0v) is 8.61. The zero-order valence-electron chi connectivity index (χ0n) is 8.61. The van der Waals surface area contributed by atoms with E-state index in [0.717, 1.165) is 6.04 Å². The molecule has 0 amide bonds. The standard InChI is InChI=1S/C10H22N2/c1-10(2,11-3)8-9-6-4-5-7-12-9/h9,11-12H,4-8H2,1-3H3. The van der Waals surface area contributed by atoms with E-state index in [1.165, 1.54) is 32.2 Å². The van der Waals surface area contributed by atoms with Crippen molar-refractivity contribution >= 4 is 0 Å². The minimum atomic E-state index is 0.287. The summed E-state index contributed by atoms with van der Waals surface area (Å²) in [6, 6.07) is 0.737. The molecule has 0 aromatic rings. The summed E-state index contributed by atoms with van der Waals surface area (Å²) in [6.07, 6.45) is 5.35. The van der Waals surface area contributed by atoms with E-state index in [2.05, 4.69) is 24.5 Å². The third-order valence-corrected chi connectivity index (χ3v) is 2.85. The van der Waals surface area contributed by atoms with Crippen LogP contribution in [0, 0.1) is 0 Å². The van der Waals surface area contributed by atoms with Crippen LogP contribution in [0.2, 0.25) is 0 Å². The summed E-state index contributed by atoms with van der Waals surface area (Å²) in [5.74, 6) is 0. The molecule has 0 aromatic carbocycles. The van der Waals surface area contributed by atoms with Gasteiger partial charge in [-0.3, -0.25) is 0 Å². The van der Waals surface area contributed by atoms with E-state index in [-0.39, 0.29) is 5.54 Å². The third-order valence-electron chi connectivity index (χ3n) is 2.85. The molecule has 0 aliphatic carbocycles. The van der Waals surface area contributed by atoms with Gasteiger partial charge in [-0.2, -0.15) is 0 Å². The summed E-state index contributed by atoms with van der Waals surface area (Å²) in [5.41, 5.74) is 0.287. The molecule has 1 unspecified atom stereocenters. The predicted octanol–water partition coefficient (Wildman–Crippen LogP) is 1.52. The molecule has 1 aliphatic rings. The lowest BCUT2D eigenvalue weighted by molar-refractivity contribution is 0.290. The molecular weight excluding hydrogens is 148 g/mol. The molecule has 1 atom stereocenters. The second-order valence-corrected chi connectivity index (χ2v) is 4.48. The van der Waals surface area contributed by atoms with Gasteiger partial charge in [0.1, 0.15) is 0 Å². The van der Waals surface area contributed by atoms with Gasteiger partial charge < -0.3 is 10.6 Å². The third kappa shape index (κ3) is 3.11. The van der Waals surface area contributed by atoms with Crippen molar-refractivity contribution in [1.82, 2.24) is 10.6 Å². The van der Waals surface area contributed by atoms with Crippen molar-refractivity contribution in [3.63, 3.8) is 0 Å². The van der Waals surface area contributed by atoms with Crippen molar-refractivity contribution in [1.29, 1.82) is 0 Å². The van der Waals surface area contributed by atoms with Gasteiger partial charge in [-0.05, 0) is 46.7 Å². The van der Waals surface area contributed by atoms with Crippen molar-refractivity contribution < 1.29 is 0 Å². The van der Waals surface area contributed by atoms with Gasteiger partial charge in [-0.1, -0.05) is 6.42 Å². The van der Waals surface area contributed by atoms with Crippen LogP contribution in [0.25, 0.3) is 0 Å². The molecule has 2 N–H and O–H groups in total. The van der Waals surface area contributed by atoms with Crippen molar-refractivity contribution in [3.05, 3.63) is 0 Å². The van der Waals surface area contributed by atoms with Crippen molar-refractivity contribution in [2.45, 2.75) is 51.1 Å². The van der Waals surface area contributed by atoms with Crippen LogP contribution in [0.4, 0.5) is 0 Å². The van der Waals surface area contributed by atoms with Crippen molar-refractivity contribution in [3.8, 4) is 0 Å². The van der Waals surface area contributed by atoms with Crippen LogP contribution in [-0.4, -0.2) is 25.2 Å². The first-order chi connectivity index (χ1) is 5.64. The molecular formula is C10H22N2. The maximum Gasteiger partial charge on any atom is 0.0136 e. The smallest absolute Gasteiger partial charge is 0.0136 e. The summed E-state index contributed by atoms with van der Waals surface area (Å²) in [7, 11) is 2.04. The summed E-state index contributed by atoms with van der Waals surface area (Å²) in [4.78, 5) is 0. The summed E-state index contributed by atoms with van der Waals surface area (Å²) >= 11 is 0. The molecule has 1 rings (SSSR count). The Bertz CT molecular complexity index is 126. The van der Waals surface area contributed by atoms with Gasteiger partial charge in [0.05, 0.1) is 0 Å². The topological polar surface area (TPSA) is 24.1 Å². The molecule has 0 aromatic heterocycles. The lowest BCUT2D eigenvalue weighted by Crippen LogP contribution is -2.45. The molecule has 1 aliphatic heterocycles. The van der Waals surface area contributed by atoms with Crippen LogP contribution in [0.15, 0.2) is 0 Å². The SMILES string of the molecule is CNC(C)(C)CC1CCCCN1. The van der Waals surface area contributed by atoms with E-state index in [4.69, 9.17) is 0 Å². The molecule has 0 radical (unpaired) electrons. The Morgan fingerprint density at radius 2 is 2.17 bits per heavy atom. The van der Waals surface area contributed by atoms with Gasteiger partial charge in [0.25, 0.3) is 0 Å². The molecule has 0 bridgehead atoms. The Hall–Kier alpha value is -0.0800. The van der Waals surface area contributed by atoms with Crippen LogP contribution in [0.1, 0.15) is 39.5 Å². The lowest BCUT2D eigenvalue weighted by atomic mass is 9.91. The van der Waals surface area contributed by atoms with E-state index in [9.17, 15) is 0 Å². The van der Waals surface area contributed by atoms with Crippen LogP contribution in [0.5, 0.6) is 0 Å². The quantitative estimate of drug-likeness (QED) is 0.671. The molecule has 0 spiro atoms. The number of piperidine rings is 1. The number of nitrogens with one attached hydrogen (secondary N) is 2. The van der Waals surface area contributed by atoms with Crippen molar-refractivity contribution in [2.75, 3.05) is 13.6 Å². The normalized spacial score (nSPS) is 25.8. The highest BCUT2D eigenvalue weighted by Crippen LogP contribution is 2.17. The van der Waals surface area contributed by atoms with Crippen LogP contribution >= 0.6 is 0 Å². The van der Waals surface area contributed by atoms with E-state index in [1.54, 1.807) is 0 Å². The number of hydrogen-bond acceptors (Lipinski definition) is 2. The van der Waals surface area contributed by atoms with Crippen molar-refractivity contribution in [2.24, 2.45) is 0 Å². The monoisotopic (exact) mass is 170 g/mol. The van der Waals surface area contributed by atoms with Gasteiger partial charge in [0, 0.05) is 11.6 Å². The Morgan fingerprint density at radius 3 is 2.67 bits per heavy atom. The van der Waals surface area contributed by atoms with Crippen LogP contribution in [0.3, 0.4) is 0 Å². The molecule has 2 heteroatoms. The Morgan fingerprint density at radius 1 is 1.42 bits per heavy atom. The maximum atomic E-state index is 3.57. The fraction of sp³-hybridized carbons (Fsp3) is 1.00. The van der Waals surface area contributed by atoms with E-state index < -0.39 is 0 Å². The highest BCUT2D eigenvalue weighted by atomic mass is 15.0. The number of hydrogen-bond donors (Lipinski definition) is 2. The number of rotatable bonds is 3.